The van der Waals surface area contributed by atoms with Crippen molar-refractivity contribution in [1.29, 1.82) is 0 Å². The van der Waals surface area contributed by atoms with Crippen LogP contribution in [0, 0.1) is 23.7 Å². The molecular weight excluding hydrogens is 1500 g/mol. The first-order chi connectivity index (χ1) is 54.0. The number of fused-ring (bicyclic) bond motifs is 4. The molecule has 15 nitrogen and oxygen atoms in total. The molecule has 112 heavy (non-hydrogen) atoms. The minimum absolute atomic E-state index is 0.0155. The molecule has 0 radical (unpaired) electrons. The Morgan fingerprint density at radius 1 is 0.473 bits per heavy atom. The molecule has 0 amide bonds. The third kappa shape index (κ3) is 27.5. The van der Waals surface area contributed by atoms with Crippen molar-refractivity contribution in [3.63, 3.8) is 0 Å². The number of thiophene rings is 2. The maximum atomic E-state index is 13.3. The lowest BCUT2D eigenvalue weighted by atomic mass is 9.84. The lowest BCUT2D eigenvalue weighted by Gasteiger charge is -2.24. The highest BCUT2D eigenvalue weighted by atomic mass is 35.5. The second-order valence-electron chi connectivity index (χ2n) is 31.9. The molecule has 2 aliphatic rings. The van der Waals surface area contributed by atoms with Crippen molar-refractivity contribution in [2.24, 2.45) is 29.4 Å². The van der Waals surface area contributed by atoms with Gasteiger partial charge in [0, 0.05) is 101 Å². The summed E-state index contributed by atoms with van der Waals surface area (Å²) in [5.74, 6) is -0.831. The molecule has 0 aliphatic heterocycles. The molecule has 0 bridgehead atoms. The second-order valence-corrected chi connectivity index (χ2v) is 41.0. The van der Waals surface area contributed by atoms with Crippen molar-refractivity contribution in [1.82, 2.24) is 9.97 Å². The summed E-state index contributed by atoms with van der Waals surface area (Å²) >= 11 is 12.7. The summed E-state index contributed by atoms with van der Waals surface area (Å²) in [6, 6.07) is 51.6. The third-order valence-corrected chi connectivity index (χ3v) is 24.1. The quantitative estimate of drug-likeness (QED) is 0.00834. The number of hydrogen-bond acceptors (Lipinski definition) is 17. The van der Waals surface area contributed by atoms with E-state index in [1.54, 1.807) is 41.3 Å². The van der Waals surface area contributed by atoms with Crippen LogP contribution in [0.2, 0.25) is 26.2 Å². The van der Waals surface area contributed by atoms with Gasteiger partial charge in [-0.3, -0.25) is 29.1 Å². The summed E-state index contributed by atoms with van der Waals surface area (Å²) in [4.78, 5) is 61.6. The fourth-order valence-electron chi connectivity index (χ4n) is 15.7. The van der Waals surface area contributed by atoms with Gasteiger partial charge in [0.1, 0.15) is 24.8 Å². The lowest BCUT2D eigenvalue weighted by molar-refractivity contribution is -0.146. The summed E-state index contributed by atoms with van der Waals surface area (Å²) in [5.41, 5.74) is 11.6. The molecule has 12 rings (SSSR count). The van der Waals surface area contributed by atoms with E-state index in [1.165, 1.54) is 0 Å². The summed E-state index contributed by atoms with van der Waals surface area (Å²) < 4.78 is 13.4. The van der Waals surface area contributed by atoms with Gasteiger partial charge in [0.05, 0.1) is 47.9 Å². The summed E-state index contributed by atoms with van der Waals surface area (Å²) in [6.45, 7) is 11.9. The van der Waals surface area contributed by atoms with E-state index in [0.717, 1.165) is 149 Å². The van der Waals surface area contributed by atoms with E-state index in [4.69, 9.17) is 38.4 Å². The highest BCUT2D eigenvalue weighted by molar-refractivity contribution is 7.19. The van der Waals surface area contributed by atoms with Gasteiger partial charge in [0.2, 0.25) is 0 Å². The number of aliphatic hydroxyl groups excluding tert-OH is 6. The predicted molar refractivity (Wildman–Crippen MR) is 459 cm³/mol. The van der Waals surface area contributed by atoms with Gasteiger partial charge in [-0.1, -0.05) is 193 Å². The number of aromatic nitrogens is 2. The van der Waals surface area contributed by atoms with Crippen molar-refractivity contribution in [3.05, 3.63) is 226 Å². The number of nitrogens with two attached hydrogens (primary N) is 1. The van der Waals surface area contributed by atoms with Crippen LogP contribution in [0.1, 0.15) is 196 Å². The van der Waals surface area contributed by atoms with E-state index in [1.807, 2.05) is 134 Å². The standard InChI is InChI=1S/C44H51NO6S.C43H50N2O6S.C4H12Si.CH2Cl2/c1-2-35(39(47)24-30-15-18-34-27-45-22-21-32(34)23-30)31-16-13-29(14-17-31)28-51-44(50)12-6-4-3-5-10-36-37(41(49)26-40(36)48)19-20-38(46)43-25-33-9-7-8-11-42(33)52-43;44-25-36(38(47)22-29-13-16-33-26-45-20-19-31(33)21-29)30-14-11-28(12-15-30)27-51-43(50)10-4-2-1-3-8-34-35(40(49)24-39(34)48)17-18-37(46)42-23-32-7-5-6-9-41(32)52-42;1-5(2,3)4;2-1-3/h7-9,11,13-18,21-23,25,27,35-38,40-41,46,48-49H,2-6,10,12,19-20,24,26,28H2,1H3;5-7,9,11-16,19-21,23,26,34-37,39-40,46,48-49H,1-4,8,10,17-18,22,24-25,27,44H2;1-4H3;1H2/t35?,36?,37-,38-,40+,41-;34?,35-,36?,37-,39+,40-;;/m11../s1. The molecule has 4 heterocycles. The molecule has 0 spiro atoms. The number of aliphatic hydroxyl groups is 6. The minimum atomic E-state index is -0.611. The van der Waals surface area contributed by atoms with E-state index in [2.05, 4.69) is 72.6 Å². The van der Waals surface area contributed by atoms with Crippen LogP contribution in [-0.4, -0.2) is 108 Å². The van der Waals surface area contributed by atoms with Gasteiger partial charge in [0.25, 0.3) is 0 Å². The number of esters is 2. The second kappa shape index (κ2) is 45.2. The number of ketones is 2. The zero-order valence-corrected chi connectivity index (χ0v) is 69.7. The fourth-order valence-corrected chi connectivity index (χ4v) is 17.9. The first-order valence-electron chi connectivity index (χ1n) is 40.1. The number of benzene rings is 6. The van der Waals surface area contributed by atoms with Gasteiger partial charge in [-0.15, -0.1) is 45.9 Å². The molecule has 2 saturated carbocycles. The van der Waals surface area contributed by atoms with Crippen molar-refractivity contribution in [2.45, 2.75) is 230 Å². The van der Waals surface area contributed by atoms with Gasteiger partial charge in [0.15, 0.2) is 0 Å². The number of nitrogens with zero attached hydrogens (tertiary/aromatic N) is 2. The molecule has 4 unspecified atom stereocenters. The Hall–Kier alpha value is -7.14. The zero-order valence-electron chi connectivity index (χ0n) is 65.6. The first-order valence-corrected chi connectivity index (χ1v) is 46.8. The van der Waals surface area contributed by atoms with E-state index in [-0.39, 0.29) is 78.2 Å². The predicted octanol–water partition coefficient (Wildman–Crippen LogP) is 19.9. The Bertz CT molecular complexity index is 4200. The van der Waals surface area contributed by atoms with Crippen LogP contribution in [0.5, 0.6) is 0 Å². The molecule has 20 heteroatoms. The van der Waals surface area contributed by atoms with Crippen LogP contribution < -0.4 is 5.73 Å². The largest absolute Gasteiger partial charge is 0.461 e. The molecule has 2 fully saturated rings. The van der Waals surface area contributed by atoms with Crippen LogP contribution >= 0.6 is 45.9 Å². The van der Waals surface area contributed by atoms with E-state index in [0.29, 0.717) is 70.6 Å². The normalized spacial score (nSPS) is 19.2. The molecule has 8 N–H and O–H groups in total. The number of Topliss-reactive ketones (excluding diaryl/α,β-unsaturated/α-hetero) is 2. The number of rotatable bonds is 36. The highest BCUT2D eigenvalue weighted by Crippen LogP contribution is 2.44. The van der Waals surface area contributed by atoms with Gasteiger partial charge < -0.3 is 45.8 Å². The van der Waals surface area contributed by atoms with Gasteiger partial charge >= 0.3 is 11.9 Å². The molecule has 10 aromatic rings. The minimum Gasteiger partial charge on any atom is -0.461 e. The Labute approximate surface area is 680 Å². The number of unbranched alkanes of at least 4 members (excludes halogenated alkanes) is 6. The van der Waals surface area contributed by atoms with Crippen molar-refractivity contribution in [3.8, 4) is 0 Å². The smallest absolute Gasteiger partial charge is 0.306 e. The Morgan fingerprint density at radius 3 is 1.23 bits per heavy atom. The molecule has 2 aliphatic carbocycles. The van der Waals surface area contributed by atoms with Crippen LogP contribution in [0.25, 0.3) is 41.7 Å². The summed E-state index contributed by atoms with van der Waals surface area (Å²) in [6.07, 6.45) is 17.8. The van der Waals surface area contributed by atoms with E-state index >= 15 is 0 Å². The van der Waals surface area contributed by atoms with Crippen LogP contribution in [0.15, 0.2) is 183 Å². The van der Waals surface area contributed by atoms with Crippen LogP contribution in [0.3, 0.4) is 0 Å². The third-order valence-electron chi connectivity index (χ3n) is 21.6. The highest BCUT2D eigenvalue weighted by Gasteiger charge is 2.42. The van der Waals surface area contributed by atoms with Crippen molar-refractivity contribution >= 4 is 119 Å². The molecule has 6 aromatic carbocycles. The lowest BCUT2D eigenvalue weighted by Crippen LogP contribution is -2.23. The van der Waals surface area contributed by atoms with Crippen LogP contribution in [0.4, 0.5) is 0 Å². The topological polar surface area (TPSA) is 260 Å². The van der Waals surface area contributed by atoms with Crippen LogP contribution in [-0.2, 0) is 54.7 Å². The monoisotopic (exact) mass is 1620 g/mol. The van der Waals surface area contributed by atoms with Crippen molar-refractivity contribution < 1.29 is 59.3 Å². The van der Waals surface area contributed by atoms with Gasteiger partial charge in [-0.2, -0.15) is 0 Å². The molecule has 600 valence electrons. The first kappa shape index (κ1) is 88.8. The number of alkyl halides is 2. The zero-order chi connectivity index (χ0) is 80.1. The number of hydrogen-bond donors (Lipinski definition) is 7. The number of carbonyl (C=O) groups is 4. The Balaban J connectivity index is 0.000000235. The molecule has 4 aromatic heterocycles. The fraction of sp³-hybridized carbons (Fsp3) is 0.457. The average Bonchev–Trinajstić information content (AvgIpc) is 1.68. The summed E-state index contributed by atoms with van der Waals surface area (Å²) in [5, 5.41) is 71.2. The number of carbonyl (C=O) groups excluding carboxylic acids is 4. The SMILES string of the molecule is CCC(C(=O)Cc1ccc2cnccc2c1)c1ccc(COC(=O)CCCCCCC2[C@@H](CC[C@@H](O)c3cc4ccccc4s3)[C@H](O)C[C@@H]2O)cc1.C[Si](C)(C)C.ClCCl.NCC(C(=O)Cc1ccc2cnccc2c1)c1ccc(COC(=O)CCCCCCC2[C@@H](CC[C@@H](O)c3cc4ccccc4s3)[C@H](O)C[C@@H]2O)cc1. The average molecular weight is 1620 g/mol. The summed E-state index contributed by atoms with van der Waals surface area (Å²) in [7, 11) is -0.611. The van der Waals surface area contributed by atoms with E-state index in [9.17, 15) is 49.8 Å². The molecule has 0 saturated heterocycles. The maximum Gasteiger partial charge on any atom is 0.306 e. The maximum absolute atomic E-state index is 13.3. The van der Waals surface area contributed by atoms with E-state index < -0.39 is 50.6 Å². The Kier molecular flexibility index (Phi) is 35.9. The number of pyridine rings is 2. The molecule has 12 atom stereocenters. The van der Waals surface area contributed by atoms with Crippen molar-refractivity contribution in [2.75, 3.05) is 11.9 Å². The van der Waals surface area contributed by atoms with Gasteiger partial charge in [-0.05, 0) is 186 Å². The number of ether oxygens (including phenoxy) is 2. The van der Waals surface area contributed by atoms with Gasteiger partial charge in [-0.25, -0.2) is 0 Å². The Morgan fingerprint density at radius 2 is 0.839 bits per heavy atom. The number of halogens is 2. The molecular formula is C92H115Cl2N3O12S2Si.